The first kappa shape index (κ1) is 25.0. The van der Waals surface area contributed by atoms with Crippen LogP contribution in [-0.2, 0) is 19.1 Å². The van der Waals surface area contributed by atoms with E-state index in [1.807, 2.05) is 19.9 Å². The topological polar surface area (TPSA) is 93.1 Å². The van der Waals surface area contributed by atoms with E-state index in [1.165, 1.54) is 0 Å². The van der Waals surface area contributed by atoms with Gasteiger partial charge < -0.3 is 19.7 Å². The summed E-state index contributed by atoms with van der Waals surface area (Å²) in [5.74, 6) is -0.0601. The summed E-state index contributed by atoms with van der Waals surface area (Å²) in [7, 11) is 0. The number of rotatable bonds is 8. The highest BCUT2D eigenvalue weighted by atomic mass is 16.6. The van der Waals surface area contributed by atoms with Crippen molar-refractivity contribution in [2.24, 2.45) is 23.2 Å². The standard InChI is InChI=1S/C26H40O6/c1-5-6-11-26(3,4)25(30)32-22-14-18(27)12-17-8-7-16(2)21(24(17)22)10-9-20-13-19(28)15-23(29)31-20/h7-8,12,16,18-22,24,27-28H,5-6,9-11,13-15H2,1-4H3/t16-,18-,19-,20-,21+,22+,24+/m1/s1. The number of ether oxygens (including phenoxy) is 2. The lowest BCUT2D eigenvalue weighted by Gasteiger charge is -2.43. The van der Waals surface area contributed by atoms with Crippen LogP contribution >= 0.6 is 0 Å². The van der Waals surface area contributed by atoms with Crippen LogP contribution in [0.15, 0.2) is 23.8 Å². The first-order valence-corrected chi connectivity index (χ1v) is 12.3. The molecule has 0 aromatic heterocycles. The van der Waals surface area contributed by atoms with Crippen molar-refractivity contribution in [2.75, 3.05) is 0 Å². The van der Waals surface area contributed by atoms with Gasteiger partial charge in [0, 0.05) is 18.8 Å². The zero-order valence-corrected chi connectivity index (χ0v) is 20.0. The van der Waals surface area contributed by atoms with Gasteiger partial charge in [-0.25, -0.2) is 0 Å². The van der Waals surface area contributed by atoms with E-state index in [1.54, 1.807) is 0 Å². The lowest BCUT2D eigenvalue weighted by Crippen LogP contribution is -2.44. The molecule has 0 amide bonds. The molecule has 1 heterocycles. The van der Waals surface area contributed by atoms with Gasteiger partial charge in [0.15, 0.2) is 0 Å². The number of aliphatic hydroxyl groups is 2. The molecule has 2 aliphatic carbocycles. The van der Waals surface area contributed by atoms with E-state index in [-0.39, 0.29) is 48.3 Å². The van der Waals surface area contributed by atoms with Crippen molar-refractivity contribution >= 4 is 11.9 Å². The second kappa shape index (κ2) is 10.5. The van der Waals surface area contributed by atoms with E-state index in [2.05, 4.69) is 26.0 Å². The van der Waals surface area contributed by atoms with Gasteiger partial charge in [-0.05, 0) is 50.5 Å². The Hall–Kier alpha value is -1.66. The van der Waals surface area contributed by atoms with Crippen molar-refractivity contribution < 1.29 is 29.3 Å². The largest absolute Gasteiger partial charge is 0.462 e. The monoisotopic (exact) mass is 448 g/mol. The van der Waals surface area contributed by atoms with E-state index in [9.17, 15) is 19.8 Å². The molecule has 1 saturated heterocycles. The minimum atomic E-state index is -0.635. The van der Waals surface area contributed by atoms with Crippen molar-refractivity contribution in [1.29, 1.82) is 0 Å². The molecule has 32 heavy (non-hydrogen) atoms. The maximum atomic E-state index is 13.1. The lowest BCUT2D eigenvalue weighted by atomic mass is 9.66. The fourth-order valence-corrected chi connectivity index (χ4v) is 5.42. The molecule has 6 nitrogen and oxygen atoms in total. The number of cyclic esters (lactones) is 1. The molecule has 0 unspecified atom stereocenters. The Kier molecular flexibility index (Phi) is 8.21. The molecule has 0 aromatic carbocycles. The molecular weight excluding hydrogens is 408 g/mol. The van der Waals surface area contributed by atoms with Gasteiger partial charge in [-0.3, -0.25) is 9.59 Å². The summed E-state index contributed by atoms with van der Waals surface area (Å²) < 4.78 is 11.6. The number of carbonyl (C=O) groups excluding carboxylic acids is 2. The molecule has 3 aliphatic rings. The minimum Gasteiger partial charge on any atom is -0.462 e. The maximum Gasteiger partial charge on any atom is 0.311 e. The Bertz CT molecular complexity index is 739. The Balaban J connectivity index is 1.74. The fraction of sp³-hybridized carbons (Fsp3) is 0.769. The molecule has 180 valence electrons. The molecule has 3 rings (SSSR count). The summed E-state index contributed by atoms with van der Waals surface area (Å²) in [5, 5.41) is 20.4. The number of allylic oxidation sites excluding steroid dienone is 2. The molecule has 6 heteroatoms. The van der Waals surface area contributed by atoms with Crippen LogP contribution in [0, 0.1) is 23.2 Å². The van der Waals surface area contributed by atoms with Crippen molar-refractivity contribution in [1.82, 2.24) is 0 Å². The third-order valence-electron chi connectivity index (χ3n) is 7.40. The molecule has 7 atom stereocenters. The van der Waals surface area contributed by atoms with Gasteiger partial charge in [-0.15, -0.1) is 0 Å². The van der Waals surface area contributed by atoms with Crippen LogP contribution in [0.2, 0.25) is 0 Å². The normalized spacial score (nSPS) is 35.0. The van der Waals surface area contributed by atoms with Gasteiger partial charge in [0.2, 0.25) is 0 Å². The van der Waals surface area contributed by atoms with Crippen LogP contribution in [0.1, 0.15) is 79.1 Å². The summed E-state index contributed by atoms with van der Waals surface area (Å²) in [6.45, 7) is 8.14. The van der Waals surface area contributed by atoms with Crippen LogP contribution in [0.25, 0.3) is 0 Å². The Morgan fingerprint density at radius 1 is 1.25 bits per heavy atom. The molecule has 0 aromatic rings. The number of fused-ring (bicyclic) bond motifs is 1. The third-order valence-corrected chi connectivity index (χ3v) is 7.40. The van der Waals surface area contributed by atoms with Crippen LogP contribution in [0.5, 0.6) is 0 Å². The summed E-state index contributed by atoms with van der Waals surface area (Å²) in [5.41, 5.74) is 0.469. The summed E-state index contributed by atoms with van der Waals surface area (Å²) >= 11 is 0. The molecule has 1 fully saturated rings. The average molecular weight is 449 g/mol. The summed E-state index contributed by atoms with van der Waals surface area (Å²) in [6, 6.07) is 0. The maximum absolute atomic E-state index is 13.1. The van der Waals surface area contributed by atoms with Gasteiger partial charge in [0.25, 0.3) is 0 Å². The Morgan fingerprint density at radius 2 is 2.00 bits per heavy atom. The van der Waals surface area contributed by atoms with Gasteiger partial charge in [0.1, 0.15) is 12.2 Å². The van der Waals surface area contributed by atoms with Crippen molar-refractivity contribution in [3.63, 3.8) is 0 Å². The zero-order valence-electron chi connectivity index (χ0n) is 20.0. The van der Waals surface area contributed by atoms with Crippen LogP contribution < -0.4 is 0 Å². The molecule has 0 saturated carbocycles. The first-order chi connectivity index (χ1) is 15.1. The molecule has 1 aliphatic heterocycles. The smallest absolute Gasteiger partial charge is 0.311 e. The van der Waals surface area contributed by atoms with Gasteiger partial charge in [-0.1, -0.05) is 44.9 Å². The summed E-state index contributed by atoms with van der Waals surface area (Å²) in [6.07, 6.45) is 9.34. The molecule has 0 bridgehead atoms. The predicted molar refractivity (Wildman–Crippen MR) is 122 cm³/mol. The molecular formula is C26H40O6. The fourth-order valence-electron chi connectivity index (χ4n) is 5.42. The number of hydrogen-bond acceptors (Lipinski definition) is 6. The zero-order chi connectivity index (χ0) is 23.5. The molecule has 2 N–H and O–H groups in total. The highest BCUT2D eigenvalue weighted by Gasteiger charge is 2.43. The van der Waals surface area contributed by atoms with Gasteiger partial charge in [0.05, 0.1) is 24.0 Å². The number of hydrogen-bond donors (Lipinski definition) is 2. The lowest BCUT2D eigenvalue weighted by molar-refractivity contribution is -0.167. The predicted octanol–water partition coefficient (Wildman–Crippen LogP) is 4.09. The van der Waals surface area contributed by atoms with E-state index < -0.39 is 17.6 Å². The number of unbranched alkanes of at least 4 members (excludes halogenated alkanes) is 1. The Labute approximate surface area is 192 Å². The minimum absolute atomic E-state index is 0.00791. The van der Waals surface area contributed by atoms with Crippen molar-refractivity contribution in [2.45, 2.75) is 103 Å². The van der Waals surface area contributed by atoms with E-state index in [4.69, 9.17) is 9.47 Å². The van der Waals surface area contributed by atoms with E-state index >= 15 is 0 Å². The average Bonchev–Trinajstić information content (AvgIpc) is 2.71. The Morgan fingerprint density at radius 3 is 2.69 bits per heavy atom. The summed E-state index contributed by atoms with van der Waals surface area (Å²) in [4.78, 5) is 24.8. The van der Waals surface area contributed by atoms with Crippen molar-refractivity contribution in [3.8, 4) is 0 Å². The van der Waals surface area contributed by atoms with Crippen molar-refractivity contribution in [3.05, 3.63) is 23.8 Å². The van der Waals surface area contributed by atoms with Gasteiger partial charge in [-0.2, -0.15) is 0 Å². The third kappa shape index (κ3) is 6.02. The highest BCUT2D eigenvalue weighted by molar-refractivity contribution is 5.76. The van der Waals surface area contributed by atoms with Crippen LogP contribution in [0.4, 0.5) is 0 Å². The van der Waals surface area contributed by atoms with Gasteiger partial charge >= 0.3 is 11.9 Å². The SMILES string of the molecule is CCCCC(C)(C)C(=O)O[C@H]1C[C@H](O)C=C2C=C[C@@H](C)[C@H](CC[C@@H]3C[C@@H](O)CC(=O)O3)[C@H]21. The number of carbonyl (C=O) groups is 2. The molecule has 0 spiro atoms. The quantitative estimate of drug-likeness (QED) is 0.543. The van der Waals surface area contributed by atoms with E-state index in [0.717, 1.165) is 31.3 Å². The van der Waals surface area contributed by atoms with E-state index in [0.29, 0.717) is 19.3 Å². The number of esters is 2. The molecule has 0 radical (unpaired) electrons. The van der Waals surface area contributed by atoms with Crippen LogP contribution in [-0.4, -0.2) is 46.6 Å². The van der Waals surface area contributed by atoms with Crippen LogP contribution in [0.3, 0.4) is 0 Å². The number of aliphatic hydroxyl groups excluding tert-OH is 2. The second-order valence-electron chi connectivity index (χ2n) is 10.6. The first-order valence-electron chi connectivity index (χ1n) is 12.3. The highest BCUT2D eigenvalue weighted by Crippen LogP contribution is 2.44. The second-order valence-corrected chi connectivity index (χ2v) is 10.6.